The molecular weight excluding hydrogens is 274 g/mol. The zero-order valence-electron chi connectivity index (χ0n) is 14.1. The van der Waals surface area contributed by atoms with E-state index >= 15 is 0 Å². The first kappa shape index (κ1) is 17.8. The van der Waals surface area contributed by atoms with E-state index in [1.807, 2.05) is 0 Å². The fourth-order valence-electron chi connectivity index (χ4n) is 2.17. The molecule has 6 heteroatoms. The van der Waals surface area contributed by atoms with Crippen molar-refractivity contribution in [3.05, 3.63) is 0 Å². The number of hydrogen-bond donors (Lipinski definition) is 0. The summed E-state index contributed by atoms with van der Waals surface area (Å²) in [5.41, 5.74) is -1.22. The molecule has 1 aliphatic rings. The van der Waals surface area contributed by atoms with E-state index in [-0.39, 0.29) is 0 Å². The Hall–Kier alpha value is -1.30. The molecule has 6 nitrogen and oxygen atoms in total. The number of ether oxygens (including phenoxy) is 3. The van der Waals surface area contributed by atoms with E-state index in [9.17, 15) is 9.59 Å². The van der Waals surface area contributed by atoms with Crippen LogP contribution in [0.1, 0.15) is 54.4 Å². The second-order valence-corrected chi connectivity index (χ2v) is 7.20. The average Bonchev–Trinajstić information content (AvgIpc) is 2.67. The minimum absolute atomic E-state index is 0.423. The maximum Gasteiger partial charge on any atom is 0.413 e. The highest BCUT2D eigenvalue weighted by molar-refractivity contribution is 5.82. The van der Waals surface area contributed by atoms with Crippen LogP contribution in [0.15, 0.2) is 0 Å². The standard InChI is InChI=1S/C15H27NO5/c1-14(2,3)20-12(17)10-8-9-11(19-7)16(10)13(18)21-15(4,5)6/h10-11H,8-9H2,1-7H3/t10-,11+/m0/s1. The summed E-state index contributed by atoms with van der Waals surface area (Å²) in [7, 11) is 1.51. The third-order valence-electron chi connectivity index (χ3n) is 2.89. The number of hydrogen-bond acceptors (Lipinski definition) is 5. The van der Waals surface area contributed by atoms with Crippen LogP contribution in [0, 0.1) is 0 Å². The lowest BCUT2D eigenvalue weighted by Gasteiger charge is -2.32. The number of rotatable bonds is 2. The van der Waals surface area contributed by atoms with Gasteiger partial charge in [0, 0.05) is 7.11 Å². The molecule has 0 aliphatic carbocycles. The normalized spacial score (nSPS) is 23.1. The molecule has 0 aromatic carbocycles. The highest BCUT2D eigenvalue weighted by atomic mass is 16.6. The first-order valence-electron chi connectivity index (χ1n) is 7.21. The summed E-state index contributed by atoms with van der Waals surface area (Å²) in [6, 6.07) is -0.663. The number of esters is 1. The van der Waals surface area contributed by atoms with Crippen LogP contribution in [0.25, 0.3) is 0 Å². The largest absolute Gasteiger partial charge is 0.458 e. The van der Waals surface area contributed by atoms with Crippen LogP contribution in [0.2, 0.25) is 0 Å². The maximum atomic E-state index is 12.3. The van der Waals surface area contributed by atoms with E-state index < -0.39 is 35.5 Å². The van der Waals surface area contributed by atoms with Crippen LogP contribution >= 0.6 is 0 Å². The van der Waals surface area contributed by atoms with Crippen LogP contribution in [0.3, 0.4) is 0 Å². The van der Waals surface area contributed by atoms with Crippen LogP contribution in [-0.4, -0.2) is 47.5 Å². The summed E-state index contributed by atoms with van der Waals surface area (Å²) in [6.45, 7) is 10.7. The molecule has 1 fully saturated rings. The highest BCUT2D eigenvalue weighted by Crippen LogP contribution is 2.28. The molecule has 0 aromatic rings. The van der Waals surface area contributed by atoms with E-state index in [1.165, 1.54) is 12.0 Å². The Morgan fingerprint density at radius 3 is 1.90 bits per heavy atom. The molecule has 0 N–H and O–H groups in total. The van der Waals surface area contributed by atoms with Crippen molar-refractivity contribution in [2.75, 3.05) is 7.11 Å². The first-order chi connectivity index (χ1) is 9.44. The number of methoxy groups -OCH3 is 1. The summed E-state index contributed by atoms with van der Waals surface area (Å²) < 4.78 is 16.0. The van der Waals surface area contributed by atoms with E-state index in [2.05, 4.69) is 0 Å². The van der Waals surface area contributed by atoms with Gasteiger partial charge in [-0.3, -0.25) is 4.90 Å². The molecule has 1 rings (SSSR count). The van der Waals surface area contributed by atoms with Crippen molar-refractivity contribution in [3.63, 3.8) is 0 Å². The molecule has 1 heterocycles. The van der Waals surface area contributed by atoms with Gasteiger partial charge < -0.3 is 14.2 Å². The van der Waals surface area contributed by atoms with Crippen molar-refractivity contribution in [1.29, 1.82) is 0 Å². The second kappa shape index (κ2) is 6.22. The predicted molar refractivity (Wildman–Crippen MR) is 77.7 cm³/mol. The molecule has 21 heavy (non-hydrogen) atoms. The van der Waals surface area contributed by atoms with Crippen molar-refractivity contribution in [2.24, 2.45) is 0 Å². The maximum absolute atomic E-state index is 12.3. The SMILES string of the molecule is CO[C@@H]1CC[C@@H](C(=O)OC(C)(C)C)N1C(=O)OC(C)(C)C. The Bertz CT molecular complexity index is 394. The van der Waals surface area contributed by atoms with E-state index in [4.69, 9.17) is 14.2 Å². The van der Waals surface area contributed by atoms with Crippen LogP contribution in [0.5, 0.6) is 0 Å². The Labute approximate surface area is 126 Å². The van der Waals surface area contributed by atoms with E-state index in [1.54, 1.807) is 41.5 Å². The van der Waals surface area contributed by atoms with Gasteiger partial charge in [0.15, 0.2) is 0 Å². The number of nitrogens with zero attached hydrogens (tertiary/aromatic N) is 1. The average molecular weight is 301 g/mol. The van der Waals surface area contributed by atoms with Crippen molar-refractivity contribution in [2.45, 2.75) is 77.9 Å². The molecule has 1 saturated heterocycles. The van der Waals surface area contributed by atoms with Crippen molar-refractivity contribution >= 4 is 12.1 Å². The van der Waals surface area contributed by atoms with E-state index in [0.29, 0.717) is 12.8 Å². The lowest BCUT2D eigenvalue weighted by atomic mass is 10.1. The number of carbonyl (C=O) groups excluding carboxylic acids is 2. The second-order valence-electron chi connectivity index (χ2n) is 7.20. The lowest BCUT2D eigenvalue weighted by Crippen LogP contribution is -2.49. The fraction of sp³-hybridized carbons (Fsp3) is 0.867. The number of amides is 1. The summed E-state index contributed by atoms with van der Waals surface area (Å²) in [5.74, 6) is -0.423. The molecule has 0 saturated carbocycles. The van der Waals surface area contributed by atoms with Gasteiger partial charge in [0.25, 0.3) is 0 Å². The minimum atomic E-state index is -0.663. The third kappa shape index (κ3) is 5.19. The Kier molecular flexibility index (Phi) is 5.25. The topological polar surface area (TPSA) is 65.1 Å². The predicted octanol–water partition coefficient (Wildman–Crippen LogP) is 2.70. The van der Waals surface area contributed by atoms with Gasteiger partial charge in [-0.15, -0.1) is 0 Å². The smallest absolute Gasteiger partial charge is 0.413 e. The van der Waals surface area contributed by atoms with Gasteiger partial charge in [0.2, 0.25) is 0 Å². The third-order valence-corrected chi connectivity index (χ3v) is 2.89. The number of carbonyl (C=O) groups is 2. The zero-order chi connectivity index (χ0) is 16.4. The summed E-state index contributed by atoms with van der Waals surface area (Å²) in [4.78, 5) is 25.9. The Morgan fingerprint density at radius 1 is 0.952 bits per heavy atom. The van der Waals surface area contributed by atoms with Gasteiger partial charge in [-0.2, -0.15) is 0 Å². The lowest BCUT2D eigenvalue weighted by molar-refractivity contribution is -0.162. The highest BCUT2D eigenvalue weighted by Gasteiger charge is 2.44. The Balaban J connectivity index is 2.88. The summed E-state index contributed by atoms with van der Waals surface area (Å²) in [6.07, 6.45) is 0.0758. The van der Waals surface area contributed by atoms with Crippen molar-refractivity contribution < 1.29 is 23.8 Å². The number of likely N-dealkylation sites (tertiary alicyclic amines) is 1. The van der Waals surface area contributed by atoms with Gasteiger partial charge in [-0.25, -0.2) is 9.59 Å². The van der Waals surface area contributed by atoms with Crippen molar-refractivity contribution in [3.8, 4) is 0 Å². The van der Waals surface area contributed by atoms with Gasteiger partial charge >= 0.3 is 12.1 Å². The fourth-order valence-corrected chi connectivity index (χ4v) is 2.17. The van der Waals surface area contributed by atoms with Gasteiger partial charge in [-0.1, -0.05) is 0 Å². The van der Waals surface area contributed by atoms with Crippen LogP contribution < -0.4 is 0 Å². The molecule has 0 unspecified atom stereocenters. The quantitative estimate of drug-likeness (QED) is 0.734. The minimum Gasteiger partial charge on any atom is -0.458 e. The molecule has 0 spiro atoms. The molecule has 1 aliphatic heterocycles. The van der Waals surface area contributed by atoms with Crippen LogP contribution in [-0.2, 0) is 19.0 Å². The Morgan fingerprint density at radius 2 is 1.48 bits per heavy atom. The molecule has 0 bridgehead atoms. The molecule has 1 amide bonds. The van der Waals surface area contributed by atoms with E-state index in [0.717, 1.165) is 0 Å². The van der Waals surface area contributed by atoms with Gasteiger partial charge in [-0.05, 0) is 54.4 Å². The van der Waals surface area contributed by atoms with Crippen molar-refractivity contribution in [1.82, 2.24) is 4.90 Å². The summed E-state index contributed by atoms with van der Waals surface area (Å²) in [5, 5.41) is 0. The van der Waals surface area contributed by atoms with Gasteiger partial charge in [0.05, 0.1) is 0 Å². The van der Waals surface area contributed by atoms with Gasteiger partial charge in [0.1, 0.15) is 23.5 Å². The molecular formula is C15H27NO5. The van der Waals surface area contributed by atoms with Crippen LogP contribution in [0.4, 0.5) is 4.79 Å². The molecule has 122 valence electrons. The summed E-state index contributed by atoms with van der Waals surface area (Å²) >= 11 is 0. The monoisotopic (exact) mass is 301 g/mol. The molecule has 0 radical (unpaired) electrons. The molecule has 0 aromatic heterocycles. The first-order valence-corrected chi connectivity index (χ1v) is 7.21. The zero-order valence-corrected chi connectivity index (χ0v) is 14.1. The molecule has 2 atom stereocenters.